The number of rotatable bonds is 3. The third kappa shape index (κ3) is 2.51. The van der Waals surface area contributed by atoms with Crippen molar-refractivity contribution < 1.29 is 27.9 Å². The van der Waals surface area contributed by atoms with Crippen LogP contribution in [0.25, 0.3) is 0 Å². The molecule has 1 atom stereocenters. The summed E-state index contributed by atoms with van der Waals surface area (Å²) in [6.45, 7) is -1.15. The van der Waals surface area contributed by atoms with Crippen LogP contribution in [0.5, 0.6) is 0 Å². The van der Waals surface area contributed by atoms with Crippen LogP contribution in [0.3, 0.4) is 0 Å². The second-order valence-electron chi connectivity index (χ2n) is 4.06. The predicted octanol–water partition coefficient (Wildman–Crippen LogP) is 0.0714. The fraction of sp³-hybridized carbons (Fsp3) is 0.778. The zero-order valence-electron chi connectivity index (χ0n) is 9.17. The number of nitrogens with zero attached hydrogens (tertiary/aromatic N) is 1. The third-order valence-corrected chi connectivity index (χ3v) is 2.83. The second-order valence-corrected chi connectivity index (χ2v) is 4.06. The number of halogens is 3. The molecule has 17 heavy (non-hydrogen) atoms. The van der Waals surface area contributed by atoms with E-state index in [1.165, 1.54) is 0 Å². The highest BCUT2D eigenvalue weighted by molar-refractivity contribution is 5.87. The lowest BCUT2D eigenvalue weighted by molar-refractivity contribution is -0.221. The summed E-state index contributed by atoms with van der Waals surface area (Å²) in [6.07, 6.45) is -5.04. The number of hydrogen-bond acceptors (Lipinski definition) is 3. The molecule has 1 heterocycles. The zero-order valence-corrected chi connectivity index (χ0v) is 9.17. The van der Waals surface area contributed by atoms with Crippen molar-refractivity contribution in [3.8, 4) is 0 Å². The number of hydrogen-bond donors (Lipinski definition) is 2. The fourth-order valence-electron chi connectivity index (χ4n) is 1.88. The molecule has 0 aliphatic carbocycles. The molecular weight excluding hydrogens is 241 g/mol. The molecule has 0 spiro atoms. The molecule has 0 aromatic rings. The minimum Gasteiger partial charge on any atom is -0.480 e. The van der Waals surface area contributed by atoms with Gasteiger partial charge in [0.2, 0.25) is 5.91 Å². The van der Waals surface area contributed by atoms with Crippen LogP contribution in [0.15, 0.2) is 0 Å². The molecule has 8 heteroatoms. The van der Waals surface area contributed by atoms with Gasteiger partial charge in [-0.25, -0.2) is 0 Å². The number of carboxylic acids is 1. The van der Waals surface area contributed by atoms with Crippen LogP contribution in [0.1, 0.15) is 6.42 Å². The van der Waals surface area contributed by atoms with Gasteiger partial charge in [-0.3, -0.25) is 9.59 Å². The lowest BCUT2D eigenvalue weighted by Gasteiger charge is -2.32. The van der Waals surface area contributed by atoms with E-state index in [2.05, 4.69) is 5.32 Å². The Morgan fingerprint density at radius 1 is 1.47 bits per heavy atom. The van der Waals surface area contributed by atoms with Crippen molar-refractivity contribution in [1.29, 1.82) is 0 Å². The Morgan fingerprint density at radius 2 is 2.06 bits per heavy atom. The number of amides is 1. The minimum absolute atomic E-state index is 0.0894. The number of carbonyl (C=O) groups is 2. The van der Waals surface area contributed by atoms with Gasteiger partial charge in [-0.15, -0.1) is 0 Å². The largest absolute Gasteiger partial charge is 0.480 e. The van der Waals surface area contributed by atoms with Crippen molar-refractivity contribution in [2.24, 2.45) is 5.41 Å². The van der Waals surface area contributed by atoms with Gasteiger partial charge in [0.05, 0.1) is 0 Å². The molecule has 0 saturated carbocycles. The van der Waals surface area contributed by atoms with E-state index in [0.29, 0.717) is 4.90 Å². The Kier molecular flexibility index (Phi) is 3.65. The Labute approximate surface area is 95.6 Å². The van der Waals surface area contributed by atoms with Gasteiger partial charge < -0.3 is 15.3 Å². The second kappa shape index (κ2) is 4.52. The summed E-state index contributed by atoms with van der Waals surface area (Å²) in [5, 5.41) is 11.0. The first-order valence-corrected chi connectivity index (χ1v) is 4.95. The molecule has 1 aliphatic heterocycles. The van der Waals surface area contributed by atoms with Crippen molar-refractivity contribution in [2.45, 2.75) is 12.6 Å². The Hall–Kier alpha value is -1.31. The molecule has 1 saturated heterocycles. The number of nitrogens with one attached hydrogen (secondary N) is 1. The molecule has 5 nitrogen and oxygen atoms in total. The van der Waals surface area contributed by atoms with Crippen LogP contribution in [0.4, 0.5) is 13.2 Å². The number of aliphatic carboxylic acids is 1. The standard InChI is InChI=1S/C9H13F3N2O3/c1-14(4-6(15)16)7(17)8(9(10,11)12)2-3-13-5-8/h13H,2-5H2,1H3,(H,15,16). The molecule has 0 radical (unpaired) electrons. The molecule has 1 unspecified atom stereocenters. The average Bonchev–Trinajstić information content (AvgIpc) is 2.63. The van der Waals surface area contributed by atoms with Crippen molar-refractivity contribution in [3.63, 3.8) is 0 Å². The van der Waals surface area contributed by atoms with E-state index in [0.717, 1.165) is 7.05 Å². The molecule has 0 aromatic carbocycles. The minimum atomic E-state index is -4.68. The summed E-state index contributed by atoms with van der Waals surface area (Å²) in [4.78, 5) is 22.7. The highest BCUT2D eigenvalue weighted by Gasteiger charge is 2.62. The lowest BCUT2D eigenvalue weighted by Crippen LogP contribution is -2.53. The molecule has 1 fully saturated rings. The molecule has 0 aromatic heterocycles. The zero-order chi connectivity index (χ0) is 13.3. The lowest BCUT2D eigenvalue weighted by atomic mass is 9.84. The molecule has 0 bridgehead atoms. The number of alkyl halides is 3. The van der Waals surface area contributed by atoms with Crippen LogP contribution >= 0.6 is 0 Å². The Bertz CT molecular complexity index is 324. The summed E-state index contributed by atoms with van der Waals surface area (Å²) in [5.41, 5.74) is -2.49. The van der Waals surface area contributed by atoms with Crippen LogP contribution < -0.4 is 5.32 Å². The summed E-state index contributed by atoms with van der Waals surface area (Å²) >= 11 is 0. The Morgan fingerprint density at radius 3 is 2.41 bits per heavy atom. The van der Waals surface area contributed by atoms with Crippen molar-refractivity contribution in [3.05, 3.63) is 0 Å². The summed E-state index contributed by atoms with van der Waals surface area (Å²) in [7, 11) is 1.06. The van der Waals surface area contributed by atoms with Gasteiger partial charge in [-0.2, -0.15) is 13.2 Å². The molecule has 98 valence electrons. The predicted molar refractivity (Wildman–Crippen MR) is 51.2 cm³/mol. The number of carbonyl (C=O) groups excluding carboxylic acids is 1. The molecule has 2 N–H and O–H groups in total. The maximum Gasteiger partial charge on any atom is 0.404 e. The van der Waals surface area contributed by atoms with Crippen LogP contribution in [-0.4, -0.2) is 54.7 Å². The molecular formula is C9H13F3N2O3. The van der Waals surface area contributed by atoms with E-state index < -0.39 is 36.6 Å². The van der Waals surface area contributed by atoms with Gasteiger partial charge in [0.15, 0.2) is 5.41 Å². The summed E-state index contributed by atoms with van der Waals surface area (Å²) in [5.74, 6) is -2.54. The van der Waals surface area contributed by atoms with Crippen molar-refractivity contribution in [2.75, 3.05) is 26.7 Å². The van der Waals surface area contributed by atoms with E-state index in [1.54, 1.807) is 0 Å². The topological polar surface area (TPSA) is 69.6 Å². The Balaban J connectivity index is 2.93. The maximum absolute atomic E-state index is 12.9. The highest BCUT2D eigenvalue weighted by atomic mass is 19.4. The van der Waals surface area contributed by atoms with E-state index in [-0.39, 0.29) is 13.0 Å². The number of likely N-dealkylation sites (N-methyl/N-ethyl adjacent to an activating group) is 1. The van der Waals surface area contributed by atoms with Gasteiger partial charge in [0.25, 0.3) is 0 Å². The van der Waals surface area contributed by atoms with Crippen LogP contribution in [0, 0.1) is 5.41 Å². The monoisotopic (exact) mass is 254 g/mol. The number of carboxylic acid groups (broad SMARTS) is 1. The van der Waals surface area contributed by atoms with E-state index in [9.17, 15) is 22.8 Å². The first-order valence-electron chi connectivity index (χ1n) is 4.95. The van der Waals surface area contributed by atoms with E-state index >= 15 is 0 Å². The van der Waals surface area contributed by atoms with Gasteiger partial charge in [-0.05, 0) is 13.0 Å². The van der Waals surface area contributed by atoms with Crippen LogP contribution in [0.2, 0.25) is 0 Å². The quantitative estimate of drug-likeness (QED) is 0.748. The van der Waals surface area contributed by atoms with Gasteiger partial charge >= 0.3 is 12.1 Å². The normalized spacial score (nSPS) is 24.7. The SMILES string of the molecule is CN(CC(=O)O)C(=O)C1(C(F)(F)F)CCNC1. The first kappa shape index (κ1) is 13.8. The highest BCUT2D eigenvalue weighted by Crippen LogP contribution is 2.44. The van der Waals surface area contributed by atoms with Gasteiger partial charge in [-0.1, -0.05) is 0 Å². The van der Waals surface area contributed by atoms with Crippen LogP contribution in [-0.2, 0) is 9.59 Å². The van der Waals surface area contributed by atoms with Crippen molar-refractivity contribution in [1.82, 2.24) is 10.2 Å². The van der Waals surface area contributed by atoms with E-state index in [4.69, 9.17) is 5.11 Å². The summed E-state index contributed by atoms with van der Waals surface area (Å²) in [6, 6.07) is 0. The van der Waals surface area contributed by atoms with Gasteiger partial charge in [0, 0.05) is 13.6 Å². The van der Waals surface area contributed by atoms with Gasteiger partial charge in [0.1, 0.15) is 6.54 Å². The smallest absolute Gasteiger partial charge is 0.404 e. The third-order valence-electron chi connectivity index (χ3n) is 2.83. The fourth-order valence-corrected chi connectivity index (χ4v) is 1.88. The molecule has 1 rings (SSSR count). The first-order chi connectivity index (χ1) is 7.71. The average molecular weight is 254 g/mol. The van der Waals surface area contributed by atoms with E-state index in [1.807, 2.05) is 0 Å². The maximum atomic E-state index is 12.9. The van der Waals surface area contributed by atoms with Crippen molar-refractivity contribution >= 4 is 11.9 Å². The summed E-state index contributed by atoms with van der Waals surface area (Å²) < 4.78 is 38.8. The molecule has 1 amide bonds. The molecule has 1 aliphatic rings.